The molecule has 0 saturated carbocycles. The highest BCUT2D eigenvalue weighted by Crippen LogP contribution is 2.35. The monoisotopic (exact) mass is 271 g/mol. The fourth-order valence-corrected chi connectivity index (χ4v) is 1.92. The standard InChI is InChI=1S/C14H13N3O3/c1-8-3-5-10(12(7-8)18-2)19-11-6-4-9(15)13-14(11)17-20-16-13/h3-7H,15H2,1-2H3. The minimum absolute atomic E-state index is 0.479. The molecule has 20 heavy (non-hydrogen) atoms. The first-order valence-corrected chi connectivity index (χ1v) is 6.02. The van der Waals surface area contributed by atoms with Crippen LogP contribution in [0.1, 0.15) is 5.56 Å². The Morgan fingerprint density at radius 3 is 2.55 bits per heavy atom. The van der Waals surface area contributed by atoms with Crippen LogP contribution in [0.15, 0.2) is 35.0 Å². The number of aryl methyl sites for hydroxylation is 1. The van der Waals surface area contributed by atoms with E-state index in [0.717, 1.165) is 5.56 Å². The highest BCUT2D eigenvalue weighted by molar-refractivity contribution is 5.90. The minimum Gasteiger partial charge on any atom is -0.493 e. The van der Waals surface area contributed by atoms with Gasteiger partial charge in [-0.1, -0.05) is 6.07 Å². The molecule has 0 aliphatic rings. The number of methoxy groups -OCH3 is 1. The highest BCUT2D eigenvalue weighted by atomic mass is 16.6. The Morgan fingerprint density at radius 2 is 1.75 bits per heavy atom. The smallest absolute Gasteiger partial charge is 0.179 e. The van der Waals surface area contributed by atoms with Crippen molar-refractivity contribution in [2.75, 3.05) is 12.8 Å². The zero-order chi connectivity index (χ0) is 14.1. The van der Waals surface area contributed by atoms with Gasteiger partial charge in [0.05, 0.1) is 12.8 Å². The third-order valence-electron chi connectivity index (χ3n) is 2.95. The van der Waals surface area contributed by atoms with Crippen LogP contribution in [0.4, 0.5) is 5.69 Å². The second-order valence-corrected chi connectivity index (χ2v) is 4.37. The van der Waals surface area contributed by atoms with E-state index in [-0.39, 0.29) is 0 Å². The van der Waals surface area contributed by atoms with E-state index < -0.39 is 0 Å². The number of nitrogens with zero attached hydrogens (tertiary/aromatic N) is 2. The second kappa shape index (κ2) is 4.73. The van der Waals surface area contributed by atoms with Crippen LogP contribution in [-0.2, 0) is 0 Å². The van der Waals surface area contributed by atoms with E-state index in [2.05, 4.69) is 10.3 Å². The van der Waals surface area contributed by atoms with Crippen LogP contribution < -0.4 is 15.2 Å². The van der Waals surface area contributed by atoms with E-state index in [1.807, 2.05) is 25.1 Å². The van der Waals surface area contributed by atoms with Crippen molar-refractivity contribution in [3.63, 3.8) is 0 Å². The summed E-state index contributed by atoms with van der Waals surface area (Å²) in [7, 11) is 1.60. The Morgan fingerprint density at radius 1 is 1.00 bits per heavy atom. The molecule has 3 aromatic rings. The average Bonchev–Trinajstić information content (AvgIpc) is 2.94. The van der Waals surface area contributed by atoms with Gasteiger partial charge in [-0.05, 0) is 47.1 Å². The Kier molecular flexibility index (Phi) is 2.90. The van der Waals surface area contributed by atoms with Gasteiger partial charge in [0.25, 0.3) is 0 Å². The van der Waals surface area contributed by atoms with Gasteiger partial charge in [-0.3, -0.25) is 0 Å². The van der Waals surface area contributed by atoms with E-state index in [1.54, 1.807) is 19.2 Å². The second-order valence-electron chi connectivity index (χ2n) is 4.37. The first-order chi connectivity index (χ1) is 9.69. The largest absolute Gasteiger partial charge is 0.493 e. The molecular weight excluding hydrogens is 258 g/mol. The van der Waals surface area contributed by atoms with Gasteiger partial charge in [-0.25, -0.2) is 4.63 Å². The van der Waals surface area contributed by atoms with Crippen LogP contribution >= 0.6 is 0 Å². The molecule has 3 rings (SSSR count). The topological polar surface area (TPSA) is 83.4 Å². The first kappa shape index (κ1) is 12.3. The third kappa shape index (κ3) is 2.01. The molecule has 2 aromatic carbocycles. The van der Waals surface area contributed by atoms with E-state index in [9.17, 15) is 0 Å². The SMILES string of the molecule is COc1cc(C)ccc1Oc1ccc(N)c2nonc12. The molecule has 0 bridgehead atoms. The summed E-state index contributed by atoms with van der Waals surface area (Å²) < 4.78 is 15.9. The molecule has 0 unspecified atom stereocenters. The lowest BCUT2D eigenvalue weighted by molar-refractivity contribution is 0.314. The van der Waals surface area contributed by atoms with Crippen LogP contribution in [0.3, 0.4) is 0 Å². The number of hydrogen-bond acceptors (Lipinski definition) is 6. The first-order valence-electron chi connectivity index (χ1n) is 6.02. The maximum Gasteiger partial charge on any atom is 0.179 e. The van der Waals surface area contributed by atoms with Crippen LogP contribution in [0, 0.1) is 6.92 Å². The fraction of sp³-hybridized carbons (Fsp3) is 0.143. The van der Waals surface area contributed by atoms with Gasteiger partial charge >= 0.3 is 0 Å². The van der Waals surface area contributed by atoms with Crippen LogP contribution in [0.5, 0.6) is 17.2 Å². The molecule has 0 amide bonds. The fourth-order valence-electron chi connectivity index (χ4n) is 1.92. The lowest BCUT2D eigenvalue weighted by Gasteiger charge is -2.11. The zero-order valence-corrected chi connectivity index (χ0v) is 11.1. The molecule has 0 saturated heterocycles. The number of ether oxygens (including phenoxy) is 2. The van der Waals surface area contributed by atoms with Gasteiger partial charge in [-0.15, -0.1) is 0 Å². The van der Waals surface area contributed by atoms with Crippen molar-refractivity contribution >= 4 is 16.7 Å². The molecule has 0 spiro atoms. The Bertz CT molecular complexity index is 767. The van der Waals surface area contributed by atoms with E-state index >= 15 is 0 Å². The lowest BCUT2D eigenvalue weighted by atomic mass is 10.2. The van der Waals surface area contributed by atoms with Crippen LogP contribution in [0.25, 0.3) is 11.0 Å². The van der Waals surface area contributed by atoms with Crippen molar-refractivity contribution in [1.29, 1.82) is 0 Å². The number of rotatable bonds is 3. The van der Waals surface area contributed by atoms with Gasteiger partial charge in [-0.2, -0.15) is 0 Å². The summed E-state index contributed by atoms with van der Waals surface area (Å²) in [6.45, 7) is 1.98. The molecule has 0 atom stereocenters. The van der Waals surface area contributed by atoms with Gasteiger partial charge in [0.15, 0.2) is 28.3 Å². The van der Waals surface area contributed by atoms with Crippen molar-refractivity contribution in [3.8, 4) is 17.2 Å². The number of anilines is 1. The molecule has 102 valence electrons. The highest BCUT2D eigenvalue weighted by Gasteiger charge is 2.13. The molecule has 1 aromatic heterocycles. The van der Waals surface area contributed by atoms with E-state index in [1.165, 1.54) is 0 Å². The molecule has 6 nitrogen and oxygen atoms in total. The predicted octanol–water partition coefficient (Wildman–Crippen LogP) is 2.91. The summed E-state index contributed by atoms with van der Waals surface area (Å²) in [4.78, 5) is 0. The zero-order valence-electron chi connectivity index (χ0n) is 11.1. The number of hydrogen-bond donors (Lipinski definition) is 1. The third-order valence-corrected chi connectivity index (χ3v) is 2.95. The normalized spacial score (nSPS) is 10.7. The Labute approximate surface area is 115 Å². The van der Waals surface area contributed by atoms with Crippen molar-refractivity contribution in [1.82, 2.24) is 10.3 Å². The summed E-state index contributed by atoms with van der Waals surface area (Å²) >= 11 is 0. The average molecular weight is 271 g/mol. The molecule has 0 radical (unpaired) electrons. The van der Waals surface area contributed by atoms with Gasteiger partial charge < -0.3 is 15.2 Å². The molecule has 6 heteroatoms. The number of aromatic nitrogens is 2. The summed E-state index contributed by atoms with van der Waals surface area (Å²) in [6, 6.07) is 9.09. The number of benzene rings is 2. The Balaban J connectivity index is 2.06. The molecule has 0 aliphatic heterocycles. The van der Waals surface area contributed by atoms with Crippen molar-refractivity contribution in [2.24, 2.45) is 0 Å². The number of nitrogens with two attached hydrogens (primary N) is 1. The summed E-state index contributed by atoms with van der Waals surface area (Å²) in [5.74, 6) is 1.75. The number of nitrogen functional groups attached to an aromatic ring is 1. The summed E-state index contributed by atoms with van der Waals surface area (Å²) in [5, 5.41) is 7.57. The Hall–Kier alpha value is -2.76. The quantitative estimate of drug-likeness (QED) is 0.737. The maximum atomic E-state index is 5.84. The van der Waals surface area contributed by atoms with E-state index in [4.69, 9.17) is 19.8 Å². The van der Waals surface area contributed by atoms with Crippen LogP contribution in [0.2, 0.25) is 0 Å². The minimum atomic E-state index is 0.479. The molecule has 0 fully saturated rings. The van der Waals surface area contributed by atoms with Crippen molar-refractivity contribution in [3.05, 3.63) is 35.9 Å². The molecule has 1 heterocycles. The summed E-state index contributed by atoms with van der Waals surface area (Å²) in [5.41, 5.74) is 8.33. The van der Waals surface area contributed by atoms with Gasteiger partial charge in [0.1, 0.15) is 0 Å². The van der Waals surface area contributed by atoms with Gasteiger partial charge in [0.2, 0.25) is 0 Å². The predicted molar refractivity (Wildman–Crippen MR) is 74.0 cm³/mol. The summed E-state index contributed by atoms with van der Waals surface area (Å²) in [6.07, 6.45) is 0. The molecule has 0 aliphatic carbocycles. The van der Waals surface area contributed by atoms with Crippen LogP contribution in [-0.4, -0.2) is 17.4 Å². The lowest BCUT2D eigenvalue weighted by Crippen LogP contribution is -1.93. The van der Waals surface area contributed by atoms with Crippen molar-refractivity contribution < 1.29 is 14.1 Å². The number of fused-ring (bicyclic) bond motifs is 1. The molecule has 2 N–H and O–H groups in total. The van der Waals surface area contributed by atoms with Gasteiger partial charge in [0, 0.05) is 0 Å². The van der Waals surface area contributed by atoms with Crippen molar-refractivity contribution in [2.45, 2.75) is 6.92 Å². The molecular formula is C14H13N3O3. The van der Waals surface area contributed by atoms with E-state index in [0.29, 0.717) is 34.0 Å². The maximum absolute atomic E-state index is 5.84.